The number of halogens is 4. The molecule has 1 aromatic carbocycles. The van der Waals surface area contributed by atoms with Crippen molar-refractivity contribution < 1.29 is 27.5 Å². The number of alkyl halides is 3. The molecular formula is C15H14ClF3N4O3. The summed E-state index contributed by atoms with van der Waals surface area (Å²) >= 11 is 5.79. The van der Waals surface area contributed by atoms with E-state index in [1.807, 2.05) is 0 Å². The van der Waals surface area contributed by atoms with E-state index in [1.54, 1.807) is 7.05 Å². The van der Waals surface area contributed by atoms with E-state index in [-0.39, 0.29) is 22.2 Å². The van der Waals surface area contributed by atoms with Gasteiger partial charge in [-0.15, -0.1) is 5.10 Å². The number of aryl methyl sites for hydroxylation is 1. The lowest BCUT2D eigenvalue weighted by atomic mass is 10.2. The lowest BCUT2D eigenvalue weighted by molar-refractivity contribution is -0.137. The Balaban J connectivity index is 2.02. The fraction of sp³-hybridized carbons (Fsp3) is 0.267. The topological polar surface area (TPSA) is 85.2 Å². The SMILES string of the molecule is COc1nn(C)cc1C(=O)NCC(=O)Nc1cc(C(F)(F)F)ccc1Cl. The number of carbonyl (C=O) groups is 2. The Morgan fingerprint density at radius 2 is 2.04 bits per heavy atom. The van der Waals surface area contributed by atoms with Crippen molar-refractivity contribution in [2.45, 2.75) is 6.18 Å². The van der Waals surface area contributed by atoms with Gasteiger partial charge in [-0.05, 0) is 18.2 Å². The van der Waals surface area contributed by atoms with Gasteiger partial charge in [0.1, 0.15) is 5.56 Å². The lowest BCUT2D eigenvalue weighted by Gasteiger charge is -2.12. The Kier molecular flexibility index (Phi) is 5.76. The number of anilines is 1. The molecule has 26 heavy (non-hydrogen) atoms. The third kappa shape index (κ3) is 4.66. The third-order valence-electron chi connectivity index (χ3n) is 3.21. The molecule has 0 fully saturated rings. The summed E-state index contributed by atoms with van der Waals surface area (Å²) in [6.07, 6.45) is -3.18. The van der Waals surface area contributed by atoms with Gasteiger partial charge >= 0.3 is 6.18 Å². The zero-order valence-electron chi connectivity index (χ0n) is 13.6. The number of amides is 2. The summed E-state index contributed by atoms with van der Waals surface area (Å²) in [7, 11) is 2.92. The molecule has 2 N–H and O–H groups in total. The largest absolute Gasteiger partial charge is 0.479 e. The molecular weight excluding hydrogens is 377 g/mol. The zero-order valence-corrected chi connectivity index (χ0v) is 14.4. The first-order chi connectivity index (χ1) is 12.1. The molecule has 2 aromatic rings. The van der Waals surface area contributed by atoms with Crippen LogP contribution in [0.2, 0.25) is 5.02 Å². The van der Waals surface area contributed by atoms with Crippen LogP contribution in [0.3, 0.4) is 0 Å². The molecule has 140 valence electrons. The molecule has 0 aliphatic heterocycles. The molecule has 11 heteroatoms. The van der Waals surface area contributed by atoms with Gasteiger partial charge in [0.15, 0.2) is 0 Å². The molecule has 1 aromatic heterocycles. The van der Waals surface area contributed by atoms with Gasteiger partial charge in [-0.2, -0.15) is 13.2 Å². The van der Waals surface area contributed by atoms with E-state index < -0.39 is 30.1 Å². The maximum Gasteiger partial charge on any atom is 0.416 e. The summed E-state index contributed by atoms with van der Waals surface area (Å²) in [5.74, 6) is -1.30. The predicted molar refractivity (Wildman–Crippen MR) is 87.2 cm³/mol. The summed E-state index contributed by atoms with van der Waals surface area (Å²) in [5.41, 5.74) is -1.05. The monoisotopic (exact) mass is 390 g/mol. The number of hydrogen-bond donors (Lipinski definition) is 2. The molecule has 1 heterocycles. The summed E-state index contributed by atoms with van der Waals surface area (Å²) in [4.78, 5) is 24.0. The molecule has 0 atom stereocenters. The molecule has 2 rings (SSSR count). The Bertz CT molecular complexity index is 836. The minimum absolute atomic E-state index is 0.0633. The van der Waals surface area contributed by atoms with E-state index in [1.165, 1.54) is 18.0 Å². The van der Waals surface area contributed by atoms with Crippen molar-refractivity contribution in [3.8, 4) is 5.88 Å². The van der Waals surface area contributed by atoms with Gasteiger partial charge in [-0.1, -0.05) is 11.6 Å². The highest BCUT2D eigenvalue weighted by atomic mass is 35.5. The Morgan fingerprint density at radius 1 is 1.35 bits per heavy atom. The van der Waals surface area contributed by atoms with Gasteiger partial charge in [-0.25, -0.2) is 0 Å². The van der Waals surface area contributed by atoms with E-state index in [4.69, 9.17) is 16.3 Å². The molecule has 0 aliphatic rings. The summed E-state index contributed by atoms with van der Waals surface area (Å²) < 4.78 is 44.4. The van der Waals surface area contributed by atoms with Crippen molar-refractivity contribution in [3.05, 3.63) is 40.5 Å². The number of hydrogen-bond acceptors (Lipinski definition) is 4. The highest BCUT2D eigenvalue weighted by Crippen LogP contribution is 2.33. The zero-order chi connectivity index (χ0) is 19.5. The second kappa shape index (κ2) is 7.65. The van der Waals surface area contributed by atoms with Crippen LogP contribution in [0.5, 0.6) is 5.88 Å². The summed E-state index contributed by atoms with van der Waals surface area (Å²) in [5, 5.41) is 8.38. The van der Waals surface area contributed by atoms with Crippen LogP contribution in [0, 0.1) is 0 Å². The minimum Gasteiger partial charge on any atom is -0.479 e. The van der Waals surface area contributed by atoms with Crippen LogP contribution < -0.4 is 15.4 Å². The molecule has 0 unspecified atom stereocenters. The van der Waals surface area contributed by atoms with Crippen molar-refractivity contribution in [2.24, 2.45) is 7.05 Å². The van der Waals surface area contributed by atoms with E-state index in [0.29, 0.717) is 6.07 Å². The van der Waals surface area contributed by atoms with Gasteiger partial charge in [0.05, 0.1) is 29.9 Å². The highest BCUT2D eigenvalue weighted by molar-refractivity contribution is 6.33. The molecule has 2 amide bonds. The molecule has 7 nitrogen and oxygen atoms in total. The van der Waals surface area contributed by atoms with E-state index in [9.17, 15) is 22.8 Å². The highest BCUT2D eigenvalue weighted by Gasteiger charge is 2.31. The molecule has 0 saturated heterocycles. The van der Waals surface area contributed by atoms with Gasteiger partial charge in [0.25, 0.3) is 5.91 Å². The number of rotatable bonds is 5. The number of benzene rings is 1. The first-order valence-corrected chi connectivity index (χ1v) is 7.52. The molecule has 0 radical (unpaired) electrons. The maximum absolute atomic E-state index is 12.7. The Labute approximate surface area is 151 Å². The Morgan fingerprint density at radius 3 is 2.65 bits per heavy atom. The fourth-order valence-corrected chi connectivity index (χ4v) is 2.19. The quantitative estimate of drug-likeness (QED) is 0.821. The van der Waals surface area contributed by atoms with Crippen molar-refractivity contribution in [3.63, 3.8) is 0 Å². The number of carbonyl (C=O) groups excluding carboxylic acids is 2. The van der Waals surface area contributed by atoms with Crippen LogP contribution in [0.15, 0.2) is 24.4 Å². The Hall–Kier alpha value is -2.75. The third-order valence-corrected chi connectivity index (χ3v) is 3.54. The van der Waals surface area contributed by atoms with Gasteiger partial charge in [0, 0.05) is 13.2 Å². The number of ether oxygens (including phenoxy) is 1. The average Bonchev–Trinajstić information content (AvgIpc) is 2.94. The second-order valence-electron chi connectivity index (χ2n) is 5.15. The number of aromatic nitrogens is 2. The van der Waals surface area contributed by atoms with Crippen molar-refractivity contribution >= 4 is 29.1 Å². The van der Waals surface area contributed by atoms with Gasteiger partial charge < -0.3 is 15.4 Å². The molecule has 0 saturated carbocycles. The van der Waals surface area contributed by atoms with Crippen LogP contribution in [0.4, 0.5) is 18.9 Å². The van der Waals surface area contributed by atoms with Crippen molar-refractivity contribution in [2.75, 3.05) is 19.0 Å². The first-order valence-electron chi connectivity index (χ1n) is 7.14. The summed E-state index contributed by atoms with van der Waals surface area (Å²) in [6.45, 7) is -0.483. The summed E-state index contributed by atoms with van der Waals surface area (Å²) in [6, 6.07) is 2.54. The number of nitrogens with zero attached hydrogens (tertiary/aromatic N) is 2. The van der Waals surface area contributed by atoms with Gasteiger partial charge in [-0.3, -0.25) is 14.3 Å². The number of methoxy groups -OCH3 is 1. The van der Waals surface area contributed by atoms with E-state index in [0.717, 1.165) is 12.1 Å². The normalized spacial score (nSPS) is 11.2. The minimum atomic E-state index is -4.57. The molecule has 0 aliphatic carbocycles. The maximum atomic E-state index is 12.7. The van der Waals surface area contributed by atoms with Crippen LogP contribution in [0.25, 0.3) is 0 Å². The fourth-order valence-electron chi connectivity index (χ4n) is 2.02. The standard InChI is InChI=1S/C15H14ClF3N4O3/c1-23-7-9(14(22-23)26-2)13(25)20-6-12(24)21-11-5-8(15(17,18)19)3-4-10(11)16/h3-5,7H,6H2,1-2H3,(H,20,25)(H,21,24). The van der Waals surface area contributed by atoms with Crippen LogP contribution in [-0.2, 0) is 18.0 Å². The lowest BCUT2D eigenvalue weighted by Crippen LogP contribution is -2.33. The van der Waals surface area contributed by atoms with Gasteiger partial charge in [0.2, 0.25) is 11.8 Å². The predicted octanol–water partition coefficient (Wildman–Crippen LogP) is 2.47. The molecule has 0 bridgehead atoms. The molecule has 0 spiro atoms. The van der Waals surface area contributed by atoms with Crippen LogP contribution in [-0.4, -0.2) is 35.2 Å². The van der Waals surface area contributed by atoms with Crippen molar-refractivity contribution in [1.29, 1.82) is 0 Å². The van der Waals surface area contributed by atoms with Crippen LogP contribution >= 0.6 is 11.6 Å². The van der Waals surface area contributed by atoms with E-state index >= 15 is 0 Å². The second-order valence-corrected chi connectivity index (χ2v) is 5.56. The smallest absolute Gasteiger partial charge is 0.416 e. The van der Waals surface area contributed by atoms with Crippen molar-refractivity contribution in [1.82, 2.24) is 15.1 Å². The number of nitrogens with one attached hydrogen (secondary N) is 2. The first kappa shape index (κ1) is 19.6. The van der Waals surface area contributed by atoms with E-state index in [2.05, 4.69) is 15.7 Å². The van der Waals surface area contributed by atoms with Crippen LogP contribution in [0.1, 0.15) is 15.9 Å². The average molecular weight is 391 g/mol.